The lowest BCUT2D eigenvalue weighted by Gasteiger charge is -1.89. The molecule has 0 saturated heterocycles. The third-order valence-corrected chi connectivity index (χ3v) is 0.807. The van der Waals surface area contributed by atoms with Gasteiger partial charge in [-0.3, -0.25) is 9.89 Å². The Morgan fingerprint density at radius 1 is 1.89 bits per heavy atom. The van der Waals surface area contributed by atoms with Gasteiger partial charge >= 0.3 is 0 Å². The molecule has 1 aromatic heterocycles. The molecular formula is C4H5N3O2. The summed E-state index contributed by atoms with van der Waals surface area (Å²) >= 11 is 0. The standard InChI is InChI=1S/C4H5N3O2/c5-4-3(9-2-8)1-6-7-4/h1-2H,(H3,5,6,7). The number of nitrogens with zero attached hydrogens (tertiary/aromatic N) is 1. The number of carbonyl (C=O) groups excluding carboxylic acids is 1. The maximum atomic E-state index is 9.70. The lowest BCUT2D eigenvalue weighted by molar-refractivity contribution is -0.120. The number of rotatable bonds is 2. The molecule has 1 heterocycles. The molecule has 0 unspecified atom stereocenters. The highest BCUT2D eigenvalue weighted by Gasteiger charge is 1.98. The third-order valence-electron chi connectivity index (χ3n) is 0.807. The molecule has 3 N–H and O–H groups in total. The van der Waals surface area contributed by atoms with Crippen molar-refractivity contribution >= 4 is 12.3 Å². The topological polar surface area (TPSA) is 81.0 Å². The number of nitrogens with one attached hydrogen (secondary N) is 1. The Morgan fingerprint density at radius 3 is 3.11 bits per heavy atom. The molecule has 0 atom stereocenters. The van der Waals surface area contributed by atoms with Crippen molar-refractivity contribution in [1.29, 1.82) is 0 Å². The molecule has 1 rings (SSSR count). The van der Waals surface area contributed by atoms with E-state index in [0.717, 1.165) is 0 Å². The summed E-state index contributed by atoms with van der Waals surface area (Å²) in [7, 11) is 0. The van der Waals surface area contributed by atoms with Gasteiger partial charge in [0.1, 0.15) is 0 Å². The van der Waals surface area contributed by atoms with Gasteiger partial charge in [0, 0.05) is 0 Å². The Labute approximate surface area is 50.8 Å². The highest BCUT2D eigenvalue weighted by Crippen LogP contribution is 2.14. The first kappa shape index (κ1) is 5.61. The Balaban J connectivity index is 2.80. The molecule has 9 heavy (non-hydrogen) atoms. The van der Waals surface area contributed by atoms with Crippen molar-refractivity contribution in [3.63, 3.8) is 0 Å². The van der Waals surface area contributed by atoms with Crippen LogP contribution >= 0.6 is 0 Å². The second-order valence-electron chi connectivity index (χ2n) is 1.36. The molecule has 0 radical (unpaired) electrons. The van der Waals surface area contributed by atoms with Gasteiger partial charge < -0.3 is 10.5 Å². The summed E-state index contributed by atoms with van der Waals surface area (Å²) in [5.74, 6) is 0.507. The van der Waals surface area contributed by atoms with E-state index in [0.29, 0.717) is 6.47 Å². The van der Waals surface area contributed by atoms with Crippen LogP contribution in [0.1, 0.15) is 0 Å². The van der Waals surface area contributed by atoms with Crippen LogP contribution in [0.2, 0.25) is 0 Å². The lowest BCUT2D eigenvalue weighted by Crippen LogP contribution is -1.91. The van der Waals surface area contributed by atoms with Crippen LogP contribution in [0.15, 0.2) is 6.20 Å². The minimum Gasteiger partial charge on any atom is -0.423 e. The summed E-state index contributed by atoms with van der Waals surface area (Å²) in [5.41, 5.74) is 5.22. The maximum Gasteiger partial charge on any atom is 0.298 e. The number of aromatic amines is 1. The number of ether oxygens (including phenoxy) is 1. The molecule has 0 spiro atoms. The summed E-state index contributed by atoms with van der Waals surface area (Å²) in [6, 6.07) is 0. The Hall–Kier alpha value is -1.52. The van der Waals surface area contributed by atoms with Crippen molar-refractivity contribution in [3.05, 3.63) is 6.20 Å². The molecule has 48 valence electrons. The van der Waals surface area contributed by atoms with Crippen molar-refractivity contribution in [3.8, 4) is 5.75 Å². The number of hydrogen-bond donors (Lipinski definition) is 2. The van der Waals surface area contributed by atoms with Crippen LogP contribution in [0, 0.1) is 0 Å². The molecule has 0 aromatic carbocycles. The number of aromatic nitrogens is 2. The SMILES string of the molecule is Nc1[nH]ncc1OC=O. The van der Waals surface area contributed by atoms with Crippen LogP contribution in [0.4, 0.5) is 5.82 Å². The zero-order chi connectivity index (χ0) is 6.69. The summed E-state index contributed by atoms with van der Waals surface area (Å²) in [4.78, 5) is 9.70. The summed E-state index contributed by atoms with van der Waals surface area (Å²) < 4.78 is 4.38. The van der Waals surface area contributed by atoms with Gasteiger partial charge in [-0.2, -0.15) is 5.10 Å². The molecule has 0 aliphatic heterocycles. The van der Waals surface area contributed by atoms with Crippen molar-refractivity contribution in [2.75, 3.05) is 5.73 Å². The van der Waals surface area contributed by atoms with Gasteiger partial charge in [-0.25, -0.2) is 0 Å². The fourth-order valence-corrected chi connectivity index (χ4v) is 0.431. The van der Waals surface area contributed by atoms with E-state index >= 15 is 0 Å². The summed E-state index contributed by atoms with van der Waals surface area (Å²) in [6.07, 6.45) is 1.32. The Kier molecular flexibility index (Phi) is 1.35. The van der Waals surface area contributed by atoms with E-state index in [4.69, 9.17) is 5.73 Å². The average molecular weight is 127 g/mol. The first-order valence-corrected chi connectivity index (χ1v) is 2.23. The van der Waals surface area contributed by atoms with Gasteiger partial charge in [-0.1, -0.05) is 0 Å². The number of carbonyl (C=O) groups is 1. The Bertz CT molecular complexity index is 207. The van der Waals surface area contributed by atoms with Gasteiger partial charge in [0.25, 0.3) is 6.47 Å². The van der Waals surface area contributed by atoms with Crippen molar-refractivity contribution < 1.29 is 9.53 Å². The quantitative estimate of drug-likeness (QED) is 0.526. The second-order valence-corrected chi connectivity index (χ2v) is 1.36. The van der Waals surface area contributed by atoms with Crippen LogP contribution in [0.25, 0.3) is 0 Å². The highest BCUT2D eigenvalue weighted by atomic mass is 16.5. The minimum absolute atomic E-state index is 0.252. The molecule has 0 amide bonds. The summed E-state index contributed by atoms with van der Waals surface area (Å²) in [6.45, 7) is 0.293. The van der Waals surface area contributed by atoms with E-state index < -0.39 is 0 Å². The van der Waals surface area contributed by atoms with E-state index in [1.54, 1.807) is 0 Å². The number of H-pyrrole nitrogens is 1. The smallest absolute Gasteiger partial charge is 0.298 e. The van der Waals surface area contributed by atoms with Gasteiger partial charge in [0.05, 0.1) is 6.20 Å². The van der Waals surface area contributed by atoms with Gasteiger partial charge in [0.2, 0.25) is 0 Å². The largest absolute Gasteiger partial charge is 0.423 e. The lowest BCUT2D eigenvalue weighted by atomic mass is 10.6. The van der Waals surface area contributed by atoms with Crippen molar-refractivity contribution in [2.24, 2.45) is 0 Å². The number of nitrogens with two attached hydrogens (primary N) is 1. The average Bonchev–Trinajstić information content (AvgIpc) is 2.18. The predicted molar refractivity (Wildman–Crippen MR) is 29.7 cm³/mol. The van der Waals surface area contributed by atoms with Gasteiger partial charge in [-0.05, 0) is 0 Å². The fraction of sp³-hybridized carbons (Fsp3) is 0. The molecule has 0 aliphatic rings. The van der Waals surface area contributed by atoms with Gasteiger partial charge in [-0.15, -0.1) is 0 Å². The molecule has 1 aromatic rings. The van der Waals surface area contributed by atoms with Crippen molar-refractivity contribution in [1.82, 2.24) is 10.2 Å². The van der Waals surface area contributed by atoms with Crippen LogP contribution in [-0.2, 0) is 4.79 Å². The molecule has 0 bridgehead atoms. The zero-order valence-electron chi connectivity index (χ0n) is 4.50. The van der Waals surface area contributed by atoms with Crippen molar-refractivity contribution in [2.45, 2.75) is 0 Å². The fourth-order valence-electron chi connectivity index (χ4n) is 0.431. The maximum absolute atomic E-state index is 9.70. The number of nitrogen functional groups attached to an aromatic ring is 1. The minimum atomic E-state index is 0.252. The van der Waals surface area contributed by atoms with Gasteiger partial charge in [0.15, 0.2) is 11.6 Å². The normalized spacial score (nSPS) is 8.89. The number of anilines is 1. The van der Waals surface area contributed by atoms with E-state index in [2.05, 4.69) is 14.9 Å². The first-order valence-electron chi connectivity index (χ1n) is 2.23. The van der Waals surface area contributed by atoms with Crippen LogP contribution < -0.4 is 10.5 Å². The first-order chi connectivity index (χ1) is 4.34. The molecular weight excluding hydrogens is 122 g/mol. The van der Waals surface area contributed by atoms with E-state index in [1.165, 1.54) is 6.20 Å². The number of hydrogen-bond acceptors (Lipinski definition) is 4. The highest BCUT2D eigenvalue weighted by molar-refractivity contribution is 5.52. The third kappa shape index (κ3) is 0.987. The monoisotopic (exact) mass is 127 g/mol. The van der Waals surface area contributed by atoms with E-state index in [-0.39, 0.29) is 11.6 Å². The van der Waals surface area contributed by atoms with Crippen LogP contribution in [0.3, 0.4) is 0 Å². The van der Waals surface area contributed by atoms with Crippen LogP contribution in [-0.4, -0.2) is 16.7 Å². The zero-order valence-corrected chi connectivity index (χ0v) is 4.50. The predicted octanol–water partition coefficient (Wildman–Crippen LogP) is -0.473. The second kappa shape index (κ2) is 2.17. The van der Waals surface area contributed by atoms with E-state index in [9.17, 15) is 4.79 Å². The molecule has 5 nitrogen and oxygen atoms in total. The molecule has 0 saturated carbocycles. The van der Waals surface area contributed by atoms with Crippen LogP contribution in [0.5, 0.6) is 5.75 Å². The van der Waals surface area contributed by atoms with E-state index in [1.807, 2.05) is 0 Å². The molecule has 0 aliphatic carbocycles. The molecule has 0 fully saturated rings. The molecule has 5 heteroatoms. The summed E-state index contributed by atoms with van der Waals surface area (Å²) in [5, 5.41) is 5.90. The Morgan fingerprint density at radius 2 is 2.67 bits per heavy atom.